The van der Waals surface area contributed by atoms with Gasteiger partial charge in [-0.3, -0.25) is 4.79 Å². The zero-order chi connectivity index (χ0) is 17.4. The van der Waals surface area contributed by atoms with Crippen LogP contribution < -0.4 is 0 Å². The number of carbonyl (C=O) groups excluding carboxylic acids is 1. The van der Waals surface area contributed by atoms with Crippen molar-refractivity contribution in [3.8, 4) is 6.07 Å². The number of amides is 1. The Hall–Kier alpha value is -2.86. The predicted molar refractivity (Wildman–Crippen MR) is 96.9 cm³/mol. The van der Waals surface area contributed by atoms with Crippen molar-refractivity contribution >= 4 is 12.0 Å². The van der Waals surface area contributed by atoms with E-state index in [1.807, 2.05) is 47.4 Å². The van der Waals surface area contributed by atoms with Crippen LogP contribution in [0, 0.1) is 11.3 Å². The summed E-state index contributed by atoms with van der Waals surface area (Å²) in [5.74, 6) is -0.00226. The second kappa shape index (κ2) is 8.69. The molecule has 2 aromatic carbocycles. The van der Waals surface area contributed by atoms with Gasteiger partial charge in [0.2, 0.25) is 5.91 Å². The van der Waals surface area contributed by atoms with Gasteiger partial charge in [-0.05, 0) is 42.7 Å². The van der Waals surface area contributed by atoms with Crippen LogP contribution in [0.5, 0.6) is 0 Å². The molecule has 2 aromatic rings. The van der Waals surface area contributed by atoms with Crippen LogP contribution >= 0.6 is 0 Å². The van der Waals surface area contributed by atoms with E-state index in [0.29, 0.717) is 12.1 Å². The molecule has 122 valence electrons. The Balaban J connectivity index is 2.12. The summed E-state index contributed by atoms with van der Waals surface area (Å²) in [4.78, 5) is 14.5. The average molecular weight is 318 g/mol. The number of rotatable bonds is 6. The molecule has 0 heterocycles. The van der Waals surface area contributed by atoms with E-state index in [0.717, 1.165) is 17.5 Å². The fraction of sp³-hybridized carbons (Fsp3) is 0.238. The van der Waals surface area contributed by atoms with Gasteiger partial charge in [-0.15, -0.1) is 0 Å². The number of benzene rings is 2. The van der Waals surface area contributed by atoms with Crippen LogP contribution in [0.25, 0.3) is 6.08 Å². The summed E-state index contributed by atoms with van der Waals surface area (Å²) in [6.07, 6.45) is 4.31. The lowest BCUT2D eigenvalue weighted by atomic mass is 10.1. The molecule has 2 rings (SSSR count). The number of hydrogen-bond donors (Lipinski definition) is 0. The molecule has 0 saturated heterocycles. The van der Waals surface area contributed by atoms with Gasteiger partial charge in [0.25, 0.3) is 0 Å². The summed E-state index contributed by atoms with van der Waals surface area (Å²) in [7, 11) is 0. The SMILES string of the molecule is CCC(C)N(Cc1ccccc1)C(=O)/C=C/c1ccc(C#N)cc1. The van der Waals surface area contributed by atoms with Crippen molar-refractivity contribution in [2.45, 2.75) is 32.9 Å². The van der Waals surface area contributed by atoms with E-state index in [1.54, 1.807) is 24.3 Å². The summed E-state index contributed by atoms with van der Waals surface area (Å²) >= 11 is 0. The van der Waals surface area contributed by atoms with Crippen LogP contribution in [0.3, 0.4) is 0 Å². The molecular formula is C21H22N2O. The first-order valence-corrected chi connectivity index (χ1v) is 8.16. The molecule has 0 spiro atoms. The first-order valence-electron chi connectivity index (χ1n) is 8.16. The molecule has 3 nitrogen and oxygen atoms in total. The Labute approximate surface area is 143 Å². The van der Waals surface area contributed by atoms with Gasteiger partial charge >= 0.3 is 0 Å². The van der Waals surface area contributed by atoms with Gasteiger partial charge in [0.1, 0.15) is 0 Å². The minimum Gasteiger partial charge on any atom is -0.332 e. The third-order valence-electron chi connectivity index (χ3n) is 4.06. The van der Waals surface area contributed by atoms with Gasteiger partial charge in [-0.25, -0.2) is 0 Å². The molecule has 0 aliphatic heterocycles. The minimum absolute atomic E-state index is 0.00226. The van der Waals surface area contributed by atoms with Crippen LogP contribution in [-0.4, -0.2) is 16.8 Å². The van der Waals surface area contributed by atoms with Crippen LogP contribution in [0.1, 0.15) is 37.0 Å². The van der Waals surface area contributed by atoms with Crippen molar-refractivity contribution in [3.05, 3.63) is 77.4 Å². The van der Waals surface area contributed by atoms with E-state index in [1.165, 1.54) is 0 Å². The smallest absolute Gasteiger partial charge is 0.247 e. The third kappa shape index (κ3) is 4.82. The van der Waals surface area contributed by atoms with Crippen LogP contribution in [-0.2, 0) is 11.3 Å². The van der Waals surface area contributed by atoms with E-state index in [4.69, 9.17) is 5.26 Å². The molecule has 0 radical (unpaired) electrons. The quantitative estimate of drug-likeness (QED) is 0.741. The zero-order valence-electron chi connectivity index (χ0n) is 14.1. The lowest BCUT2D eigenvalue weighted by Gasteiger charge is -2.27. The molecule has 1 amide bonds. The fourth-order valence-electron chi connectivity index (χ4n) is 2.38. The largest absolute Gasteiger partial charge is 0.332 e. The summed E-state index contributed by atoms with van der Waals surface area (Å²) in [5.41, 5.74) is 2.65. The van der Waals surface area contributed by atoms with E-state index in [2.05, 4.69) is 19.9 Å². The molecule has 0 bridgehead atoms. The van der Waals surface area contributed by atoms with Gasteiger partial charge in [-0.2, -0.15) is 5.26 Å². The number of nitriles is 1. The molecule has 3 heteroatoms. The van der Waals surface area contributed by atoms with Crippen LogP contribution in [0.15, 0.2) is 60.7 Å². The molecule has 1 atom stereocenters. The van der Waals surface area contributed by atoms with Crippen molar-refractivity contribution in [2.75, 3.05) is 0 Å². The molecule has 0 N–H and O–H groups in total. The average Bonchev–Trinajstić information content (AvgIpc) is 2.64. The third-order valence-corrected chi connectivity index (χ3v) is 4.06. The van der Waals surface area contributed by atoms with Crippen molar-refractivity contribution in [1.29, 1.82) is 5.26 Å². The van der Waals surface area contributed by atoms with Crippen molar-refractivity contribution in [3.63, 3.8) is 0 Å². The van der Waals surface area contributed by atoms with E-state index < -0.39 is 0 Å². The highest BCUT2D eigenvalue weighted by atomic mass is 16.2. The van der Waals surface area contributed by atoms with Crippen molar-refractivity contribution in [1.82, 2.24) is 4.90 Å². The van der Waals surface area contributed by atoms with Crippen LogP contribution in [0.4, 0.5) is 0 Å². The van der Waals surface area contributed by atoms with Gasteiger partial charge in [0.15, 0.2) is 0 Å². The monoisotopic (exact) mass is 318 g/mol. The maximum absolute atomic E-state index is 12.6. The fourth-order valence-corrected chi connectivity index (χ4v) is 2.38. The first kappa shape index (κ1) is 17.5. The standard InChI is InChI=1S/C21H22N2O/c1-3-17(2)23(16-20-7-5-4-6-8-20)21(24)14-13-18-9-11-19(15-22)12-10-18/h4-14,17H,3,16H2,1-2H3/b14-13+. The maximum atomic E-state index is 12.6. The van der Waals surface area contributed by atoms with Gasteiger partial charge in [-0.1, -0.05) is 49.4 Å². The lowest BCUT2D eigenvalue weighted by Crippen LogP contribution is -2.36. The Morgan fingerprint density at radius 2 is 1.83 bits per heavy atom. The predicted octanol–water partition coefficient (Wildman–Crippen LogP) is 4.40. The molecule has 0 aliphatic carbocycles. The number of hydrogen-bond acceptors (Lipinski definition) is 2. The Morgan fingerprint density at radius 3 is 2.42 bits per heavy atom. The van der Waals surface area contributed by atoms with E-state index >= 15 is 0 Å². The highest BCUT2D eigenvalue weighted by Crippen LogP contribution is 2.13. The van der Waals surface area contributed by atoms with Crippen molar-refractivity contribution in [2.24, 2.45) is 0 Å². The Kier molecular flexibility index (Phi) is 6.33. The Bertz CT molecular complexity index is 727. The van der Waals surface area contributed by atoms with Gasteiger partial charge in [0, 0.05) is 18.7 Å². The highest BCUT2D eigenvalue weighted by Gasteiger charge is 2.16. The summed E-state index contributed by atoms with van der Waals surface area (Å²) in [6, 6.07) is 19.5. The normalized spacial score (nSPS) is 11.9. The molecule has 0 fully saturated rings. The van der Waals surface area contributed by atoms with Gasteiger partial charge in [0.05, 0.1) is 11.6 Å². The maximum Gasteiger partial charge on any atom is 0.247 e. The van der Waals surface area contributed by atoms with Gasteiger partial charge < -0.3 is 4.90 Å². The molecule has 0 aliphatic rings. The number of nitrogens with zero attached hydrogens (tertiary/aromatic N) is 2. The molecule has 0 saturated carbocycles. The summed E-state index contributed by atoms with van der Waals surface area (Å²) in [5, 5.41) is 8.82. The van der Waals surface area contributed by atoms with E-state index in [9.17, 15) is 4.79 Å². The second-order valence-electron chi connectivity index (χ2n) is 5.78. The highest BCUT2D eigenvalue weighted by molar-refractivity contribution is 5.92. The van der Waals surface area contributed by atoms with Crippen LogP contribution in [0.2, 0.25) is 0 Å². The zero-order valence-corrected chi connectivity index (χ0v) is 14.1. The summed E-state index contributed by atoms with van der Waals surface area (Å²) in [6.45, 7) is 4.75. The van der Waals surface area contributed by atoms with Crippen molar-refractivity contribution < 1.29 is 4.79 Å². The summed E-state index contributed by atoms with van der Waals surface area (Å²) < 4.78 is 0. The topological polar surface area (TPSA) is 44.1 Å². The van der Waals surface area contributed by atoms with E-state index in [-0.39, 0.29) is 11.9 Å². The molecule has 1 unspecified atom stereocenters. The molecule has 24 heavy (non-hydrogen) atoms. The number of carbonyl (C=O) groups is 1. The minimum atomic E-state index is -0.00226. The Morgan fingerprint density at radius 1 is 1.17 bits per heavy atom. The lowest BCUT2D eigenvalue weighted by molar-refractivity contribution is -0.128. The first-order chi connectivity index (χ1) is 11.6. The molecule has 0 aromatic heterocycles. The molecular weight excluding hydrogens is 296 g/mol. The second-order valence-corrected chi connectivity index (χ2v) is 5.78.